The smallest absolute Gasteiger partial charge is 0.0963 e. The van der Waals surface area contributed by atoms with Crippen LogP contribution in [0, 0.1) is 0 Å². The van der Waals surface area contributed by atoms with Gasteiger partial charge in [0.2, 0.25) is 0 Å². The van der Waals surface area contributed by atoms with E-state index in [1.54, 1.807) is 7.05 Å². The highest BCUT2D eigenvalue weighted by Gasteiger charge is 1.93. The Morgan fingerprint density at radius 2 is 2.00 bits per heavy atom. The van der Waals surface area contributed by atoms with E-state index in [9.17, 15) is 0 Å². The van der Waals surface area contributed by atoms with Crippen molar-refractivity contribution in [3.8, 4) is 0 Å². The summed E-state index contributed by atoms with van der Waals surface area (Å²) in [6, 6.07) is 9.93. The summed E-state index contributed by atoms with van der Waals surface area (Å²) in [6.45, 7) is 3.92. The van der Waals surface area contributed by atoms with Crippen LogP contribution >= 0.6 is 0 Å². The van der Waals surface area contributed by atoms with E-state index in [1.807, 2.05) is 36.4 Å². The van der Waals surface area contributed by atoms with E-state index in [0.29, 0.717) is 5.82 Å². The van der Waals surface area contributed by atoms with Gasteiger partial charge in [-0.05, 0) is 17.2 Å². The first-order valence-corrected chi connectivity index (χ1v) is 4.13. The fourth-order valence-corrected chi connectivity index (χ4v) is 0.995. The van der Waals surface area contributed by atoms with Crippen LogP contribution in [-0.4, -0.2) is 7.05 Å². The van der Waals surface area contributed by atoms with Crippen LogP contribution in [-0.2, 0) is 0 Å². The summed E-state index contributed by atoms with van der Waals surface area (Å²) in [7, 11) is 1.78. The molecular formula is C11H14N2. The number of rotatable bonds is 3. The molecule has 2 heteroatoms. The van der Waals surface area contributed by atoms with Crippen molar-refractivity contribution in [3.05, 3.63) is 54.4 Å². The van der Waals surface area contributed by atoms with Gasteiger partial charge < -0.3 is 11.1 Å². The van der Waals surface area contributed by atoms with Gasteiger partial charge in [0, 0.05) is 7.05 Å². The van der Waals surface area contributed by atoms with Gasteiger partial charge in [0.05, 0.1) is 5.82 Å². The molecule has 0 aliphatic heterocycles. The number of allylic oxidation sites excluding steroid dienone is 2. The van der Waals surface area contributed by atoms with Crippen LogP contribution in [0.2, 0.25) is 0 Å². The zero-order chi connectivity index (χ0) is 9.68. The van der Waals surface area contributed by atoms with Gasteiger partial charge in [-0.15, -0.1) is 0 Å². The minimum atomic E-state index is 0.619. The minimum absolute atomic E-state index is 0.619. The van der Waals surface area contributed by atoms with Gasteiger partial charge in [0.15, 0.2) is 0 Å². The molecule has 1 aromatic rings. The van der Waals surface area contributed by atoms with Crippen molar-refractivity contribution in [2.45, 2.75) is 0 Å². The van der Waals surface area contributed by atoms with Crippen LogP contribution in [0.15, 0.2) is 48.8 Å². The van der Waals surface area contributed by atoms with Crippen molar-refractivity contribution in [2.24, 2.45) is 5.73 Å². The van der Waals surface area contributed by atoms with Gasteiger partial charge in [-0.1, -0.05) is 36.9 Å². The Balaban J connectivity index is 2.81. The van der Waals surface area contributed by atoms with E-state index in [0.717, 1.165) is 11.1 Å². The number of hydrogen-bond donors (Lipinski definition) is 2. The van der Waals surface area contributed by atoms with E-state index >= 15 is 0 Å². The number of nitrogens with one attached hydrogen (secondary N) is 1. The molecule has 0 saturated carbocycles. The molecule has 0 radical (unpaired) electrons. The van der Waals surface area contributed by atoms with Crippen LogP contribution in [0.3, 0.4) is 0 Å². The van der Waals surface area contributed by atoms with E-state index in [4.69, 9.17) is 5.73 Å². The molecule has 0 aromatic heterocycles. The summed E-state index contributed by atoms with van der Waals surface area (Å²) in [5, 5.41) is 2.84. The number of nitrogens with two attached hydrogens (primary N) is 1. The predicted octanol–water partition coefficient (Wildman–Crippen LogP) is 1.72. The van der Waals surface area contributed by atoms with Gasteiger partial charge in [0.1, 0.15) is 0 Å². The Morgan fingerprint density at radius 1 is 1.38 bits per heavy atom. The summed E-state index contributed by atoms with van der Waals surface area (Å²) in [4.78, 5) is 0. The molecule has 0 atom stereocenters. The minimum Gasteiger partial charge on any atom is -0.386 e. The van der Waals surface area contributed by atoms with Crippen molar-refractivity contribution in [1.29, 1.82) is 0 Å². The highest BCUT2D eigenvalue weighted by molar-refractivity contribution is 5.72. The Hall–Kier alpha value is -1.70. The van der Waals surface area contributed by atoms with Crippen LogP contribution in [0.5, 0.6) is 0 Å². The molecule has 0 aliphatic carbocycles. The molecule has 0 heterocycles. The van der Waals surface area contributed by atoms with Crippen LogP contribution in [0.1, 0.15) is 5.56 Å². The zero-order valence-corrected chi connectivity index (χ0v) is 7.75. The van der Waals surface area contributed by atoms with Crippen molar-refractivity contribution < 1.29 is 0 Å². The first kappa shape index (κ1) is 9.39. The zero-order valence-electron chi connectivity index (χ0n) is 7.75. The lowest BCUT2D eigenvalue weighted by atomic mass is 10.1. The Morgan fingerprint density at radius 3 is 2.54 bits per heavy atom. The molecule has 0 aliphatic rings. The molecule has 1 aromatic carbocycles. The summed E-state index contributed by atoms with van der Waals surface area (Å²) in [5.41, 5.74) is 7.59. The molecule has 68 valence electrons. The van der Waals surface area contributed by atoms with Gasteiger partial charge >= 0.3 is 0 Å². The van der Waals surface area contributed by atoms with Crippen molar-refractivity contribution in [1.82, 2.24) is 5.32 Å². The van der Waals surface area contributed by atoms with Crippen LogP contribution in [0.4, 0.5) is 0 Å². The molecule has 0 unspecified atom stereocenters. The van der Waals surface area contributed by atoms with E-state index in [-0.39, 0.29) is 0 Å². The predicted molar refractivity (Wildman–Crippen MR) is 56.8 cm³/mol. The fraction of sp³-hybridized carbons (Fsp3) is 0.0909. The highest BCUT2D eigenvalue weighted by Crippen LogP contribution is 2.12. The van der Waals surface area contributed by atoms with Gasteiger partial charge in [-0.2, -0.15) is 0 Å². The first-order valence-electron chi connectivity index (χ1n) is 4.13. The summed E-state index contributed by atoms with van der Waals surface area (Å²) in [5.74, 6) is 0.619. The fourth-order valence-electron chi connectivity index (χ4n) is 0.995. The second kappa shape index (κ2) is 4.36. The molecule has 2 nitrogen and oxygen atoms in total. The lowest BCUT2D eigenvalue weighted by Crippen LogP contribution is -2.14. The van der Waals surface area contributed by atoms with E-state index < -0.39 is 0 Å². The van der Waals surface area contributed by atoms with E-state index in [1.165, 1.54) is 0 Å². The average Bonchev–Trinajstić information content (AvgIpc) is 2.19. The topological polar surface area (TPSA) is 38.0 Å². The third-order valence-corrected chi connectivity index (χ3v) is 1.76. The van der Waals surface area contributed by atoms with Crippen LogP contribution < -0.4 is 11.1 Å². The second-order valence-electron chi connectivity index (χ2n) is 2.74. The van der Waals surface area contributed by atoms with Crippen LogP contribution in [0.25, 0.3) is 5.57 Å². The highest BCUT2D eigenvalue weighted by atomic mass is 14.9. The van der Waals surface area contributed by atoms with Gasteiger partial charge in [-0.25, -0.2) is 0 Å². The van der Waals surface area contributed by atoms with Gasteiger partial charge in [0.25, 0.3) is 0 Å². The molecular weight excluding hydrogens is 160 g/mol. The Kier molecular flexibility index (Phi) is 3.15. The van der Waals surface area contributed by atoms with Crippen molar-refractivity contribution in [3.63, 3.8) is 0 Å². The SMILES string of the molecule is C=C(/C=C(/N)NC)c1ccccc1. The van der Waals surface area contributed by atoms with Gasteiger partial charge in [-0.3, -0.25) is 0 Å². The number of hydrogen-bond acceptors (Lipinski definition) is 2. The normalized spacial score (nSPS) is 11.0. The third kappa shape index (κ3) is 2.67. The average molecular weight is 174 g/mol. The van der Waals surface area contributed by atoms with Crippen molar-refractivity contribution >= 4 is 5.57 Å². The third-order valence-electron chi connectivity index (χ3n) is 1.76. The maximum Gasteiger partial charge on any atom is 0.0963 e. The quantitative estimate of drug-likeness (QED) is 0.685. The Bertz CT molecular complexity index is 312. The molecule has 3 N–H and O–H groups in total. The van der Waals surface area contributed by atoms with E-state index in [2.05, 4.69) is 11.9 Å². The molecule has 0 amide bonds. The first-order chi connectivity index (χ1) is 6.24. The molecule has 0 saturated heterocycles. The van der Waals surface area contributed by atoms with Crippen molar-refractivity contribution in [2.75, 3.05) is 7.05 Å². The molecule has 0 fully saturated rings. The number of benzene rings is 1. The lowest BCUT2D eigenvalue weighted by molar-refractivity contribution is 0.967. The Labute approximate surface area is 78.8 Å². The molecule has 13 heavy (non-hydrogen) atoms. The monoisotopic (exact) mass is 174 g/mol. The molecule has 1 rings (SSSR count). The molecule has 0 bridgehead atoms. The largest absolute Gasteiger partial charge is 0.386 e. The lowest BCUT2D eigenvalue weighted by Gasteiger charge is -2.02. The summed E-state index contributed by atoms with van der Waals surface area (Å²) < 4.78 is 0. The summed E-state index contributed by atoms with van der Waals surface area (Å²) in [6.07, 6.45) is 1.81. The standard InChI is InChI=1S/C11H14N2/c1-9(8-11(12)13-2)10-6-4-3-5-7-10/h3-8,13H,1,12H2,2H3/b11-8-. The maximum atomic E-state index is 5.60. The summed E-state index contributed by atoms with van der Waals surface area (Å²) >= 11 is 0. The maximum absolute atomic E-state index is 5.60. The molecule has 0 spiro atoms. The second-order valence-corrected chi connectivity index (χ2v) is 2.74.